The van der Waals surface area contributed by atoms with Gasteiger partial charge in [-0.2, -0.15) is 4.52 Å². The van der Waals surface area contributed by atoms with E-state index in [0.717, 1.165) is 72.8 Å². The first-order valence-electron chi connectivity index (χ1n) is 12.2. The number of ether oxygens (including phenoxy) is 1. The molecule has 5 rings (SSSR count). The minimum absolute atomic E-state index is 0.0293. The number of nitrogens with zero attached hydrogens (tertiary/aromatic N) is 4. The highest BCUT2D eigenvalue weighted by molar-refractivity contribution is 7.20. The average molecular weight is 482 g/mol. The highest BCUT2D eigenvalue weighted by Gasteiger charge is 2.28. The van der Waals surface area contributed by atoms with Gasteiger partial charge in [0.1, 0.15) is 5.75 Å². The zero-order chi connectivity index (χ0) is 23.7. The van der Waals surface area contributed by atoms with Crippen LogP contribution in [0.5, 0.6) is 5.75 Å². The van der Waals surface area contributed by atoms with Crippen LogP contribution in [-0.4, -0.2) is 39.7 Å². The van der Waals surface area contributed by atoms with Crippen molar-refractivity contribution in [2.75, 3.05) is 18.0 Å². The van der Waals surface area contributed by atoms with Crippen molar-refractivity contribution < 1.29 is 9.53 Å². The van der Waals surface area contributed by atoms with Crippen LogP contribution in [0.25, 0.3) is 4.96 Å². The molecular formula is C25H31N5O3S. The third-order valence-corrected chi connectivity index (χ3v) is 7.46. The maximum Gasteiger partial charge on any atom is 0.278 e. The van der Waals surface area contributed by atoms with Crippen LogP contribution in [-0.2, 0) is 24.2 Å². The van der Waals surface area contributed by atoms with Gasteiger partial charge in [0.15, 0.2) is 0 Å². The number of piperidine rings is 1. The Morgan fingerprint density at radius 2 is 2.00 bits per heavy atom. The van der Waals surface area contributed by atoms with Crippen molar-refractivity contribution in [3.63, 3.8) is 0 Å². The lowest BCUT2D eigenvalue weighted by Crippen LogP contribution is -2.43. The van der Waals surface area contributed by atoms with Crippen LogP contribution in [0.4, 0.5) is 5.13 Å². The smallest absolute Gasteiger partial charge is 0.278 e. The van der Waals surface area contributed by atoms with Crippen LogP contribution < -0.4 is 20.5 Å². The summed E-state index contributed by atoms with van der Waals surface area (Å²) in [6.07, 6.45) is 5.67. The van der Waals surface area contributed by atoms with E-state index in [1.165, 1.54) is 15.9 Å². The molecule has 1 amide bonds. The minimum atomic E-state index is -0.109. The SMILES string of the molecule is CC(C)Oc1ccc(CNC(=O)[C@H]2CCCN(c3nn4c(=O)c5c(nc4s3)CCCC5)C2)cc1. The molecule has 1 atom stereocenters. The lowest BCUT2D eigenvalue weighted by molar-refractivity contribution is -0.125. The largest absolute Gasteiger partial charge is 0.491 e. The van der Waals surface area contributed by atoms with Gasteiger partial charge in [-0.3, -0.25) is 9.59 Å². The molecule has 9 heteroatoms. The molecule has 3 heterocycles. The molecule has 0 unspecified atom stereocenters. The van der Waals surface area contributed by atoms with Crippen LogP contribution in [0.15, 0.2) is 29.1 Å². The van der Waals surface area contributed by atoms with Gasteiger partial charge < -0.3 is 15.0 Å². The Labute approximate surface area is 203 Å². The number of benzene rings is 1. The molecule has 0 spiro atoms. The molecule has 1 aliphatic carbocycles. The van der Waals surface area contributed by atoms with E-state index in [1.54, 1.807) is 0 Å². The van der Waals surface area contributed by atoms with Gasteiger partial charge in [-0.25, -0.2) is 4.98 Å². The van der Waals surface area contributed by atoms with Gasteiger partial charge >= 0.3 is 0 Å². The van der Waals surface area contributed by atoms with Crippen molar-refractivity contribution in [1.29, 1.82) is 0 Å². The molecule has 1 aromatic carbocycles. The lowest BCUT2D eigenvalue weighted by Gasteiger charge is -2.31. The minimum Gasteiger partial charge on any atom is -0.491 e. The molecule has 180 valence electrons. The fraction of sp³-hybridized carbons (Fsp3) is 0.520. The normalized spacial score (nSPS) is 18.2. The maximum absolute atomic E-state index is 12.9. The molecular weight excluding hydrogens is 450 g/mol. The van der Waals surface area contributed by atoms with Gasteiger partial charge in [-0.05, 0) is 70.1 Å². The first kappa shape index (κ1) is 22.8. The molecule has 8 nitrogen and oxygen atoms in total. The Kier molecular flexibility index (Phi) is 6.54. The van der Waals surface area contributed by atoms with Gasteiger partial charge in [-0.1, -0.05) is 23.5 Å². The molecule has 3 aromatic rings. The van der Waals surface area contributed by atoms with Crippen molar-refractivity contribution in [2.45, 2.75) is 65.0 Å². The summed E-state index contributed by atoms with van der Waals surface area (Å²) in [6.45, 7) is 5.91. The zero-order valence-electron chi connectivity index (χ0n) is 19.7. The second-order valence-electron chi connectivity index (χ2n) is 9.44. The predicted molar refractivity (Wildman–Crippen MR) is 133 cm³/mol. The van der Waals surface area contributed by atoms with Crippen molar-refractivity contribution in [2.24, 2.45) is 5.92 Å². The summed E-state index contributed by atoms with van der Waals surface area (Å²) in [7, 11) is 0. The van der Waals surface area contributed by atoms with Gasteiger partial charge in [0.2, 0.25) is 16.0 Å². The van der Waals surface area contributed by atoms with E-state index in [0.29, 0.717) is 18.1 Å². The Morgan fingerprint density at radius 3 is 2.79 bits per heavy atom. The Morgan fingerprint density at radius 1 is 1.21 bits per heavy atom. The standard InChI is InChI=1S/C25H31N5O3S/c1-16(2)33-19-11-9-17(10-12-19)14-26-22(31)18-6-5-13-29(15-18)25-28-30-23(32)20-7-3-4-8-21(20)27-24(30)34-25/h9-12,16,18H,3-8,13-15H2,1-2H3,(H,26,31)/t18-/m0/s1. The maximum atomic E-state index is 12.9. The number of anilines is 1. The van der Waals surface area contributed by atoms with Crippen molar-refractivity contribution in [1.82, 2.24) is 19.9 Å². The third-order valence-electron chi connectivity index (χ3n) is 6.49. The molecule has 0 radical (unpaired) electrons. The summed E-state index contributed by atoms with van der Waals surface area (Å²) >= 11 is 1.44. The predicted octanol–water partition coefficient (Wildman–Crippen LogP) is 3.35. The number of carbonyl (C=O) groups excluding carboxylic acids is 1. The van der Waals surface area contributed by atoms with Crippen LogP contribution >= 0.6 is 11.3 Å². The number of aromatic nitrogens is 3. The Balaban J connectivity index is 1.24. The summed E-state index contributed by atoms with van der Waals surface area (Å²) in [4.78, 5) is 33.3. The quantitative estimate of drug-likeness (QED) is 0.581. The van der Waals surface area contributed by atoms with E-state index in [-0.39, 0.29) is 23.5 Å². The second-order valence-corrected chi connectivity index (χ2v) is 10.4. The van der Waals surface area contributed by atoms with Crippen molar-refractivity contribution in [3.05, 3.63) is 51.4 Å². The summed E-state index contributed by atoms with van der Waals surface area (Å²) in [5.74, 6) is 0.777. The number of hydrogen-bond acceptors (Lipinski definition) is 7. The summed E-state index contributed by atoms with van der Waals surface area (Å²) in [6, 6.07) is 7.84. The third kappa shape index (κ3) is 4.80. The summed E-state index contributed by atoms with van der Waals surface area (Å²) in [5, 5.41) is 8.45. The van der Waals surface area contributed by atoms with Crippen molar-refractivity contribution in [3.8, 4) is 5.75 Å². The molecule has 2 aromatic heterocycles. The van der Waals surface area contributed by atoms with Gasteiger partial charge in [0.25, 0.3) is 5.56 Å². The van der Waals surface area contributed by atoms with E-state index in [1.807, 2.05) is 38.1 Å². The van der Waals surface area contributed by atoms with Crippen LogP contribution in [0.3, 0.4) is 0 Å². The van der Waals surface area contributed by atoms with Gasteiger partial charge in [0, 0.05) is 25.2 Å². The fourth-order valence-corrected chi connectivity index (χ4v) is 5.69. The van der Waals surface area contributed by atoms with E-state index in [4.69, 9.17) is 9.72 Å². The molecule has 34 heavy (non-hydrogen) atoms. The Hall–Kier alpha value is -2.94. The fourth-order valence-electron chi connectivity index (χ4n) is 4.75. The molecule has 1 fully saturated rings. The molecule has 0 saturated carbocycles. The zero-order valence-corrected chi connectivity index (χ0v) is 20.6. The second kappa shape index (κ2) is 9.74. The van der Waals surface area contributed by atoms with E-state index in [2.05, 4.69) is 15.3 Å². The highest BCUT2D eigenvalue weighted by Crippen LogP contribution is 2.28. The molecule has 2 aliphatic rings. The number of hydrogen-bond donors (Lipinski definition) is 1. The van der Waals surface area contributed by atoms with E-state index >= 15 is 0 Å². The molecule has 1 N–H and O–H groups in total. The Bertz CT molecular complexity index is 1230. The molecule has 0 bridgehead atoms. The van der Waals surface area contributed by atoms with Crippen molar-refractivity contribution >= 4 is 27.3 Å². The number of nitrogens with one attached hydrogen (secondary N) is 1. The van der Waals surface area contributed by atoms with E-state index in [9.17, 15) is 9.59 Å². The average Bonchev–Trinajstić information content (AvgIpc) is 3.28. The summed E-state index contributed by atoms with van der Waals surface area (Å²) < 4.78 is 7.14. The first-order chi connectivity index (χ1) is 16.5. The van der Waals surface area contributed by atoms with Crippen LogP contribution in [0.1, 0.15) is 56.4 Å². The molecule has 1 saturated heterocycles. The van der Waals surface area contributed by atoms with Gasteiger partial charge in [-0.15, -0.1) is 5.10 Å². The van der Waals surface area contributed by atoms with Gasteiger partial charge in [0.05, 0.1) is 17.7 Å². The summed E-state index contributed by atoms with van der Waals surface area (Å²) in [5.41, 5.74) is 2.77. The van der Waals surface area contributed by atoms with Crippen LogP contribution in [0.2, 0.25) is 0 Å². The molecule has 1 aliphatic heterocycles. The lowest BCUT2D eigenvalue weighted by atomic mass is 9.97. The topological polar surface area (TPSA) is 88.8 Å². The number of amides is 1. The number of rotatable bonds is 6. The van der Waals surface area contributed by atoms with Crippen LogP contribution in [0, 0.1) is 5.92 Å². The van der Waals surface area contributed by atoms with E-state index < -0.39 is 0 Å². The first-order valence-corrected chi connectivity index (χ1v) is 13.0. The highest BCUT2D eigenvalue weighted by atomic mass is 32.1. The number of aryl methyl sites for hydroxylation is 1. The number of carbonyl (C=O) groups is 1. The number of fused-ring (bicyclic) bond motifs is 2. The monoisotopic (exact) mass is 481 g/mol.